The molecule has 0 bridgehead atoms. The molecule has 192 valence electrons. The van der Waals surface area contributed by atoms with Crippen molar-refractivity contribution in [2.75, 3.05) is 0 Å². The summed E-state index contributed by atoms with van der Waals surface area (Å²) in [7, 11) is 0. The average Bonchev–Trinajstić information content (AvgIpc) is 3.06. The Morgan fingerprint density at radius 2 is 0.643 bits per heavy atom. The molecule has 0 saturated heterocycles. The monoisotopic (exact) mass is 530 g/mol. The fourth-order valence-electron chi connectivity index (χ4n) is 5.82. The molecule has 8 rings (SSSR count). The van der Waals surface area contributed by atoms with Gasteiger partial charge in [0.15, 0.2) is 0 Å². The molecule has 0 amide bonds. The van der Waals surface area contributed by atoms with Crippen LogP contribution in [0.1, 0.15) is 22.3 Å². The van der Waals surface area contributed by atoms with Crippen LogP contribution in [0.4, 0.5) is 0 Å². The van der Waals surface area contributed by atoms with E-state index in [9.17, 15) is 0 Å². The third-order valence-corrected chi connectivity index (χ3v) is 7.84. The number of aromatic nitrogens is 2. The van der Waals surface area contributed by atoms with Gasteiger partial charge in [-0.05, 0) is 102 Å². The lowest BCUT2D eigenvalue weighted by molar-refractivity contribution is 1.32. The first kappa shape index (κ1) is 23.9. The van der Waals surface area contributed by atoms with E-state index in [0.29, 0.717) is 0 Å². The van der Waals surface area contributed by atoms with Crippen molar-refractivity contribution < 1.29 is 0 Å². The Morgan fingerprint density at radius 1 is 0.310 bits per heavy atom. The lowest BCUT2D eigenvalue weighted by Gasteiger charge is -2.13. The molecule has 42 heavy (non-hydrogen) atoms. The number of hydrogen-bond acceptors (Lipinski definition) is 2. The highest BCUT2D eigenvalue weighted by molar-refractivity contribution is 6.32. The second-order valence-electron chi connectivity index (χ2n) is 10.4. The molecule has 0 N–H and O–H groups in total. The van der Waals surface area contributed by atoms with Gasteiger partial charge in [0.25, 0.3) is 0 Å². The van der Waals surface area contributed by atoms with E-state index in [1.807, 2.05) is 24.3 Å². The molecule has 0 unspecified atom stereocenters. The number of hydrogen-bond donors (Lipinski definition) is 0. The number of nitrogens with zero attached hydrogens (tertiary/aromatic N) is 2. The van der Waals surface area contributed by atoms with Gasteiger partial charge in [0, 0.05) is 47.0 Å². The molecule has 2 aromatic heterocycles. The van der Waals surface area contributed by atoms with Crippen LogP contribution in [0.3, 0.4) is 0 Å². The third kappa shape index (κ3) is 4.20. The lowest BCUT2D eigenvalue weighted by Crippen LogP contribution is -1.87. The van der Waals surface area contributed by atoms with Crippen molar-refractivity contribution in [3.05, 3.63) is 156 Å². The summed E-state index contributed by atoms with van der Waals surface area (Å²) in [6.45, 7) is 0. The Labute approximate surface area is 243 Å². The average molecular weight is 531 g/mol. The molecule has 2 nitrogen and oxygen atoms in total. The van der Waals surface area contributed by atoms with Gasteiger partial charge < -0.3 is 0 Å². The van der Waals surface area contributed by atoms with Crippen LogP contribution in [0.5, 0.6) is 0 Å². The van der Waals surface area contributed by atoms with Crippen molar-refractivity contribution >= 4 is 53.9 Å². The maximum absolute atomic E-state index is 4.10. The van der Waals surface area contributed by atoms with Crippen molar-refractivity contribution in [2.24, 2.45) is 0 Å². The summed E-state index contributed by atoms with van der Waals surface area (Å²) in [5, 5.41) is 12.2. The van der Waals surface area contributed by atoms with Gasteiger partial charge in [-0.15, -0.1) is 0 Å². The fourth-order valence-corrected chi connectivity index (χ4v) is 5.82. The normalized spacial score (nSPS) is 11.0. The van der Waals surface area contributed by atoms with E-state index in [1.54, 1.807) is 24.8 Å². The molecular formula is C40H22N2. The molecule has 6 aromatic carbocycles. The van der Waals surface area contributed by atoms with Crippen LogP contribution in [0.2, 0.25) is 0 Å². The van der Waals surface area contributed by atoms with Gasteiger partial charge in [0.05, 0.1) is 0 Å². The molecule has 0 fully saturated rings. The topological polar surface area (TPSA) is 25.8 Å². The first-order valence-corrected chi connectivity index (χ1v) is 13.9. The Balaban J connectivity index is 1.42. The molecular weight excluding hydrogens is 508 g/mol. The van der Waals surface area contributed by atoms with E-state index in [0.717, 1.165) is 22.3 Å². The summed E-state index contributed by atoms with van der Waals surface area (Å²) in [5.41, 5.74) is 3.88. The summed E-state index contributed by atoms with van der Waals surface area (Å²) in [4.78, 5) is 8.21. The zero-order valence-electron chi connectivity index (χ0n) is 22.6. The van der Waals surface area contributed by atoms with Gasteiger partial charge in [-0.2, -0.15) is 0 Å². The van der Waals surface area contributed by atoms with Crippen LogP contribution in [-0.2, 0) is 0 Å². The molecule has 0 saturated carbocycles. The third-order valence-electron chi connectivity index (χ3n) is 7.84. The molecule has 2 heterocycles. The SMILES string of the molecule is C(#Cc1ccc2ccc3ccc4ccc5ccc6ccc(C#Cc7ccncc7)cc6c5c4c3c2c1)c1ccncc1. The minimum absolute atomic E-state index is 0.953. The van der Waals surface area contributed by atoms with E-state index in [-0.39, 0.29) is 0 Å². The van der Waals surface area contributed by atoms with E-state index in [4.69, 9.17) is 0 Å². The number of rotatable bonds is 0. The van der Waals surface area contributed by atoms with Gasteiger partial charge in [-0.1, -0.05) is 84.3 Å². The molecule has 0 atom stereocenters. The molecule has 0 aliphatic carbocycles. The summed E-state index contributed by atoms with van der Waals surface area (Å²) >= 11 is 0. The van der Waals surface area contributed by atoms with E-state index in [2.05, 4.69) is 119 Å². The highest BCUT2D eigenvalue weighted by Gasteiger charge is 2.12. The van der Waals surface area contributed by atoms with Crippen LogP contribution in [0.25, 0.3) is 53.9 Å². The van der Waals surface area contributed by atoms with Gasteiger partial charge >= 0.3 is 0 Å². The molecule has 0 aliphatic rings. The molecule has 0 spiro atoms. The molecule has 0 aliphatic heterocycles. The van der Waals surface area contributed by atoms with Gasteiger partial charge in [-0.25, -0.2) is 0 Å². The van der Waals surface area contributed by atoms with Crippen LogP contribution < -0.4 is 0 Å². The van der Waals surface area contributed by atoms with Gasteiger partial charge in [0.2, 0.25) is 0 Å². The smallest absolute Gasteiger partial charge is 0.0280 e. The summed E-state index contributed by atoms with van der Waals surface area (Å²) in [6, 6.07) is 38.6. The molecule has 2 heteroatoms. The van der Waals surface area contributed by atoms with E-state index in [1.165, 1.54) is 53.9 Å². The molecule has 0 radical (unpaired) electrons. The maximum atomic E-state index is 4.10. The van der Waals surface area contributed by atoms with Crippen molar-refractivity contribution in [3.8, 4) is 23.7 Å². The predicted octanol–water partition coefficient (Wildman–Crippen LogP) is 9.04. The van der Waals surface area contributed by atoms with Gasteiger partial charge in [0.1, 0.15) is 0 Å². The summed E-state index contributed by atoms with van der Waals surface area (Å²) in [5.74, 6) is 13.3. The zero-order valence-corrected chi connectivity index (χ0v) is 22.6. The minimum Gasteiger partial charge on any atom is -0.265 e. The number of pyridine rings is 2. The predicted molar refractivity (Wildman–Crippen MR) is 174 cm³/mol. The number of fused-ring (bicyclic) bond motifs is 9. The first-order chi connectivity index (χ1) is 20.8. The standard InChI is InChI=1S/C40H22N2/c1(27-17-21-41-22-18-27)3-29-5-7-31-9-11-33-13-15-35-16-14-34-12-10-32-8-6-30(4-2-28-19-23-42-24-20-28)26-37(32)39(34)40(35)38(33)36(31)25-29/h5-26H. The Hall–Kier alpha value is -5.96. The van der Waals surface area contributed by atoms with E-state index >= 15 is 0 Å². The second kappa shape index (κ2) is 9.90. The van der Waals surface area contributed by atoms with E-state index < -0.39 is 0 Å². The first-order valence-electron chi connectivity index (χ1n) is 13.9. The molecule has 8 aromatic rings. The summed E-state index contributed by atoms with van der Waals surface area (Å²) in [6.07, 6.45) is 7.09. The maximum Gasteiger partial charge on any atom is 0.0280 e. The zero-order chi connectivity index (χ0) is 27.9. The van der Waals surface area contributed by atoms with Gasteiger partial charge in [-0.3, -0.25) is 9.97 Å². The fraction of sp³-hybridized carbons (Fsp3) is 0. The van der Waals surface area contributed by atoms with Crippen molar-refractivity contribution in [2.45, 2.75) is 0 Å². The van der Waals surface area contributed by atoms with Crippen molar-refractivity contribution in [1.82, 2.24) is 9.97 Å². The van der Waals surface area contributed by atoms with Crippen LogP contribution in [-0.4, -0.2) is 9.97 Å². The highest BCUT2D eigenvalue weighted by atomic mass is 14.6. The minimum atomic E-state index is 0.953. The van der Waals surface area contributed by atoms with Crippen molar-refractivity contribution in [3.63, 3.8) is 0 Å². The Bertz CT molecular complexity index is 2270. The largest absolute Gasteiger partial charge is 0.265 e. The van der Waals surface area contributed by atoms with Crippen LogP contribution in [0, 0.1) is 23.7 Å². The number of benzene rings is 6. The quantitative estimate of drug-likeness (QED) is 0.144. The van der Waals surface area contributed by atoms with Crippen LogP contribution >= 0.6 is 0 Å². The van der Waals surface area contributed by atoms with Crippen molar-refractivity contribution in [1.29, 1.82) is 0 Å². The van der Waals surface area contributed by atoms with Crippen LogP contribution in [0.15, 0.2) is 134 Å². The Morgan fingerprint density at radius 3 is 1.07 bits per heavy atom. The lowest BCUT2D eigenvalue weighted by atomic mass is 9.90. The highest BCUT2D eigenvalue weighted by Crippen LogP contribution is 2.39. The summed E-state index contributed by atoms with van der Waals surface area (Å²) < 4.78 is 0. The Kier molecular flexibility index (Phi) is 5.63. The second-order valence-corrected chi connectivity index (χ2v) is 10.4.